The summed E-state index contributed by atoms with van der Waals surface area (Å²) in [6.45, 7) is 0.369. The van der Waals surface area contributed by atoms with Crippen molar-refractivity contribution in [1.29, 1.82) is 0 Å². The van der Waals surface area contributed by atoms with Gasteiger partial charge >= 0.3 is 11.7 Å². The number of aromatic nitrogens is 2. The predicted octanol–water partition coefficient (Wildman–Crippen LogP) is 1.72. The normalized spacial score (nSPS) is 10.1. The zero-order chi connectivity index (χ0) is 15.4. The Morgan fingerprint density at radius 3 is 2.81 bits per heavy atom. The third kappa shape index (κ3) is 3.30. The maximum absolute atomic E-state index is 11.1. The fraction of sp³-hybridized carbons (Fsp3) is 0.154. The molecule has 8 nitrogen and oxygen atoms in total. The average Bonchev–Trinajstić information content (AvgIpc) is 2.47. The van der Waals surface area contributed by atoms with Crippen LogP contribution in [0.3, 0.4) is 0 Å². The van der Waals surface area contributed by atoms with E-state index >= 15 is 0 Å². The minimum Gasteiger partial charge on any atom is -0.478 e. The maximum atomic E-state index is 11.1. The van der Waals surface area contributed by atoms with E-state index in [-0.39, 0.29) is 17.1 Å². The number of hydrogen-bond donors (Lipinski definition) is 1. The Kier molecular flexibility index (Phi) is 4.07. The molecular formula is C13H12N4O4. The quantitative estimate of drug-likeness (QED) is 0.658. The molecule has 0 fully saturated rings. The van der Waals surface area contributed by atoms with Gasteiger partial charge in [-0.05, 0) is 11.6 Å². The lowest BCUT2D eigenvalue weighted by molar-refractivity contribution is -0.384. The summed E-state index contributed by atoms with van der Waals surface area (Å²) in [6, 6.07) is 4.60. The summed E-state index contributed by atoms with van der Waals surface area (Å²) in [6.07, 6.45) is 4.38. The van der Waals surface area contributed by atoms with E-state index < -0.39 is 10.9 Å². The molecule has 0 saturated carbocycles. The van der Waals surface area contributed by atoms with E-state index in [0.29, 0.717) is 6.54 Å². The lowest BCUT2D eigenvalue weighted by atomic mass is 10.2. The number of pyridine rings is 2. The fourth-order valence-electron chi connectivity index (χ4n) is 1.83. The SMILES string of the molecule is CN(Cc1cccnc1)c1ncc(C(=O)O)cc1[N+](=O)[O-]. The molecule has 0 radical (unpaired) electrons. The van der Waals surface area contributed by atoms with Gasteiger partial charge in [0.05, 0.1) is 10.5 Å². The monoisotopic (exact) mass is 288 g/mol. The van der Waals surface area contributed by atoms with Crippen LogP contribution in [-0.4, -0.2) is 33.0 Å². The third-order valence-corrected chi connectivity index (χ3v) is 2.79. The fourth-order valence-corrected chi connectivity index (χ4v) is 1.83. The van der Waals surface area contributed by atoms with Crippen LogP contribution in [0.2, 0.25) is 0 Å². The number of carbonyl (C=O) groups is 1. The second-order valence-electron chi connectivity index (χ2n) is 4.35. The molecule has 0 bridgehead atoms. The Labute approximate surface area is 119 Å². The van der Waals surface area contributed by atoms with Crippen LogP contribution in [0, 0.1) is 10.1 Å². The molecule has 0 spiro atoms. The first-order valence-corrected chi connectivity index (χ1v) is 5.97. The first-order valence-electron chi connectivity index (χ1n) is 5.97. The van der Waals surface area contributed by atoms with Crippen molar-refractivity contribution in [3.05, 3.63) is 58.0 Å². The number of anilines is 1. The molecule has 1 N–H and O–H groups in total. The minimum absolute atomic E-state index is 0.105. The van der Waals surface area contributed by atoms with Crippen molar-refractivity contribution in [2.24, 2.45) is 0 Å². The van der Waals surface area contributed by atoms with E-state index in [1.54, 1.807) is 30.4 Å². The highest BCUT2D eigenvalue weighted by molar-refractivity contribution is 5.88. The van der Waals surface area contributed by atoms with Gasteiger partial charge < -0.3 is 10.0 Å². The Morgan fingerprint density at radius 1 is 1.48 bits per heavy atom. The number of nitro groups is 1. The van der Waals surface area contributed by atoms with E-state index in [1.807, 2.05) is 6.07 Å². The summed E-state index contributed by atoms with van der Waals surface area (Å²) in [4.78, 5) is 30.7. The van der Waals surface area contributed by atoms with E-state index in [4.69, 9.17) is 5.11 Å². The van der Waals surface area contributed by atoms with Gasteiger partial charge in [0.15, 0.2) is 0 Å². The molecule has 108 valence electrons. The molecule has 0 saturated heterocycles. The van der Waals surface area contributed by atoms with Crippen LogP contribution in [-0.2, 0) is 6.54 Å². The van der Waals surface area contributed by atoms with Crippen LogP contribution in [0.4, 0.5) is 11.5 Å². The van der Waals surface area contributed by atoms with Gasteiger partial charge in [-0.15, -0.1) is 0 Å². The predicted molar refractivity (Wildman–Crippen MR) is 74.2 cm³/mol. The minimum atomic E-state index is -1.26. The highest BCUT2D eigenvalue weighted by atomic mass is 16.6. The van der Waals surface area contributed by atoms with E-state index in [1.165, 1.54) is 0 Å². The van der Waals surface area contributed by atoms with Crippen molar-refractivity contribution in [2.75, 3.05) is 11.9 Å². The van der Waals surface area contributed by atoms with E-state index in [0.717, 1.165) is 17.8 Å². The molecular weight excluding hydrogens is 276 g/mol. The summed E-state index contributed by atoms with van der Waals surface area (Å²) >= 11 is 0. The van der Waals surface area contributed by atoms with Crippen molar-refractivity contribution in [2.45, 2.75) is 6.54 Å². The van der Waals surface area contributed by atoms with Gasteiger partial charge in [-0.25, -0.2) is 9.78 Å². The molecule has 2 aromatic rings. The molecule has 2 rings (SSSR count). The molecule has 8 heteroatoms. The van der Waals surface area contributed by atoms with Crippen LogP contribution in [0.5, 0.6) is 0 Å². The second kappa shape index (κ2) is 5.95. The van der Waals surface area contributed by atoms with Crippen LogP contribution in [0.25, 0.3) is 0 Å². The van der Waals surface area contributed by atoms with Crippen LogP contribution < -0.4 is 4.90 Å². The molecule has 2 aromatic heterocycles. The number of aromatic carboxylic acids is 1. The van der Waals surface area contributed by atoms with Crippen molar-refractivity contribution in [1.82, 2.24) is 9.97 Å². The van der Waals surface area contributed by atoms with Crippen molar-refractivity contribution in [3.8, 4) is 0 Å². The highest BCUT2D eigenvalue weighted by Gasteiger charge is 2.21. The lowest BCUT2D eigenvalue weighted by Gasteiger charge is -2.17. The zero-order valence-corrected chi connectivity index (χ0v) is 11.1. The van der Waals surface area contributed by atoms with Crippen LogP contribution in [0.1, 0.15) is 15.9 Å². The molecule has 0 aromatic carbocycles. The Morgan fingerprint density at radius 2 is 2.24 bits per heavy atom. The summed E-state index contributed by atoms with van der Waals surface area (Å²) in [5.41, 5.74) is 0.292. The van der Waals surface area contributed by atoms with Gasteiger partial charge in [0.1, 0.15) is 0 Å². The molecule has 0 aliphatic heterocycles. The largest absolute Gasteiger partial charge is 0.478 e. The van der Waals surface area contributed by atoms with Crippen molar-refractivity contribution >= 4 is 17.5 Å². The summed E-state index contributed by atoms with van der Waals surface area (Å²) < 4.78 is 0. The maximum Gasteiger partial charge on any atom is 0.337 e. The number of rotatable bonds is 5. The topological polar surface area (TPSA) is 109 Å². The third-order valence-electron chi connectivity index (χ3n) is 2.79. The summed E-state index contributed by atoms with van der Waals surface area (Å²) in [5.74, 6) is -1.15. The number of carboxylic acids is 1. The standard InChI is InChI=1S/C13H12N4O4/c1-16(8-9-3-2-4-14-6-9)12-11(17(20)21)5-10(7-15-12)13(18)19/h2-7H,8H2,1H3,(H,18,19). The first kappa shape index (κ1) is 14.4. The lowest BCUT2D eigenvalue weighted by Crippen LogP contribution is -2.19. The van der Waals surface area contributed by atoms with Gasteiger partial charge in [0, 0.05) is 38.2 Å². The Balaban J connectivity index is 2.34. The second-order valence-corrected chi connectivity index (χ2v) is 4.35. The van der Waals surface area contributed by atoms with E-state index in [9.17, 15) is 14.9 Å². The number of carboxylic acid groups (broad SMARTS) is 1. The number of hydrogen-bond acceptors (Lipinski definition) is 6. The summed E-state index contributed by atoms with van der Waals surface area (Å²) in [5, 5.41) is 20.0. The van der Waals surface area contributed by atoms with Crippen molar-refractivity contribution < 1.29 is 14.8 Å². The first-order chi connectivity index (χ1) is 9.99. The van der Waals surface area contributed by atoms with Crippen LogP contribution >= 0.6 is 0 Å². The summed E-state index contributed by atoms with van der Waals surface area (Å²) in [7, 11) is 1.64. The zero-order valence-electron chi connectivity index (χ0n) is 11.1. The smallest absolute Gasteiger partial charge is 0.337 e. The highest BCUT2D eigenvalue weighted by Crippen LogP contribution is 2.26. The van der Waals surface area contributed by atoms with E-state index in [2.05, 4.69) is 9.97 Å². The Bertz CT molecular complexity index is 675. The van der Waals surface area contributed by atoms with Gasteiger partial charge in [0.2, 0.25) is 5.82 Å². The van der Waals surface area contributed by atoms with Gasteiger partial charge in [-0.3, -0.25) is 15.1 Å². The van der Waals surface area contributed by atoms with Gasteiger partial charge in [-0.2, -0.15) is 0 Å². The molecule has 0 amide bonds. The van der Waals surface area contributed by atoms with Crippen molar-refractivity contribution in [3.63, 3.8) is 0 Å². The molecule has 0 atom stereocenters. The molecule has 0 unspecified atom stereocenters. The van der Waals surface area contributed by atoms with Gasteiger partial charge in [-0.1, -0.05) is 6.07 Å². The molecule has 21 heavy (non-hydrogen) atoms. The van der Waals surface area contributed by atoms with Gasteiger partial charge in [0.25, 0.3) is 0 Å². The number of nitrogens with zero attached hydrogens (tertiary/aromatic N) is 4. The molecule has 2 heterocycles. The molecule has 0 aliphatic rings. The average molecular weight is 288 g/mol. The van der Waals surface area contributed by atoms with Crippen LogP contribution in [0.15, 0.2) is 36.8 Å². The molecule has 0 aliphatic carbocycles. The Hall–Kier alpha value is -3.03.